The molecule has 1 aromatic rings. The summed E-state index contributed by atoms with van der Waals surface area (Å²) in [7, 11) is 0. The number of thioether (sulfide) groups is 1. The maximum atomic E-state index is 13.6. The number of amides is 1. The van der Waals surface area contributed by atoms with Crippen LogP contribution >= 0.6 is 11.8 Å². The van der Waals surface area contributed by atoms with Crippen molar-refractivity contribution in [1.29, 1.82) is 0 Å². The van der Waals surface area contributed by atoms with Gasteiger partial charge in [0.15, 0.2) is 0 Å². The van der Waals surface area contributed by atoms with Gasteiger partial charge in [-0.05, 0) is 24.1 Å². The normalized spacial score (nSPS) is 26.0. The van der Waals surface area contributed by atoms with E-state index >= 15 is 0 Å². The van der Waals surface area contributed by atoms with E-state index < -0.39 is 0 Å². The number of nitrogens with one attached hydrogen (secondary N) is 1. The predicted octanol–water partition coefficient (Wildman–Crippen LogP) is -0.360. The molecule has 0 spiro atoms. The van der Waals surface area contributed by atoms with Gasteiger partial charge in [0.1, 0.15) is 37.4 Å². The fourth-order valence-corrected chi connectivity index (χ4v) is 4.83. The number of benzene rings is 1. The second kappa shape index (κ2) is 7.64. The number of hydrogen-bond acceptors (Lipinski definition) is 2. The third-order valence-corrected chi connectivity index (χ3v) is 6.40. The maximum Gasteiger partial charge on any atom is 0.237 e. The molecule has 4 nitrogen and oxygen atoms in total. The Labute approximate surface area is 141 Å². The Morgan fingerprint density at radius 2 is 2.17 bits per heavy atom. The lowest BCUT2D eigenvalue weighted by Crippen LogP contribution is -3.20. The van der Waals surface area contributed by atoms with Crippen LogP contribution in [0.5, 0.6) is 0 Å². The smallest absolute Gasteiger partial charge is 0.237 e. The van der Waals surface area contributed by atoms with E-state index in [9.17, 15) is 9.18 Å². The van der Waals surface area contributed by atoms with Crippen LogP contribution in [0.2, 0.25) is 0 Å². The predicted molar refractivity (Wildman–Crippen MR) is 89.7 cm³/mol. The van der Waals surface area contributed by atoms with E-state index in [1.807, 2.05) is 17.9 Å². The number of quaternary nitrogens is 2. The number of halogens is 1. The lowest BCUT2D eigenvalue weighted by molar-refractivity contribution is -0.946. The van der Waals surface area contributed by atoms with Crippen LogP contribution in [-0.4, -0.2) is 55.3 Å². The van der Waals surface area contributed by atoms with Crippen LogP contribution in [-0.2, 0) is 4.79 Å². The second-order valence-corrected chi connectivity index (χ2v) is 7.63. The van der Waals surface area contributed by atoms with Crippen molar-refractivity contribution in [2.24, 2.45) is 0 Å². The summed E-state index contributed by atoms with van der Waals surface area (Å²) in [5, 5.41) is 2.31. The summed E-state index contributed by atoms with van der Waals surface area (Å²) < 4.78 is 13.6. The molecule has 2 atom stereocenters. The van der Waals surface area contributed by atoms with Crippen LogP contribution < -0.4 is 10.2 Å². The van der Waals surface area contributed by atoms with Gasteiger partial charge in [0.2, 0.25) is 5.91 Å². The monoisotopic (exact) mass is 339 g/mol. The number of carbonyl (C=O) groups excluding carboxylic acids is 1. The first-order valence-corrected chi connectivity index (χ1v) is 9.50. The van der Waals surface area contributed by atoms with E-state index in [-0.39, 0.29) is 22.3 Å². The van der Waals surface area contributed by atoms with E-state index in [1.54, 1.807) is 28.8 Å². The molecule has 2 aliphatic heterocycles. The number of rotatable bonds is 5. The Hall–Kier alpha value is -1.11. The van der Waals surface area contributed by atoms with Gasteiger partial charge in [-0.1, -0.05) is 19.1 Å². The summed E-state index contributed by atoms with van der Waals surface area (Å²) in [6, 6.07) is 6.69. The third kappa shape index (κ3) is 3.87. The van der Waals surface area contributed by atoms with Crippen molar-refractivity contribution in [3.63, 3.8) is 0 Å². The number of piperazine rings is 1. The van der Waals surface area contributed by atoms with Crippen molar-refractivity contribution in [2.75, 3.05) is 39.3 Å². The molecule has 3 rings (SSSR count). The van der Waals surface area contributed by atoms with Crippen LogP contribution in [0, 0.1) is 5.82 Å². The van der Waals surface area contributed by atoms with Gasteiger partial charge in [0, 0.05) is 0 Å². The highest BCUT2D eigenvalue weighted by molar-refractivity contribution is 8.01. The highest BCUT2D eigenvalue weighted by atomic mass is 32.2. The average molecular weight is 339 g/mol. The molecule has 2 fully saturated rings. The number of nitrogens with two attached hydrogens (primary N) is 1. The van der Waals surface area contributed by atoms with E-state index in [0.717, 1.165) is 38.2 Å². The van der Waals surface area contributed by atoms with Gasteiger partial charge in [0.05, 0.1) is 18.3 Å². The molecule has 3 N–H and O–H groups in total. The van der Waals surface area contributed by atoms with Crippen molar-refractivity contribution in [2.45, 2.75) is 24.0 Å². The minimum Gasteiger partial charge on any atom is -0.337 e. The Bertz CT molecular complexity index is 550. The van der Waals surface area contributed by atoms with Crippen molar-refractivity contribution in [3.8, 4) is 0 Å². The van der Waals surface area contributed by atoms with Gasteiger partial charge in [-0.25, -0.2) is 4.39 Å². The van der Waals surface area contributed by atoms with Gasteiger partial charge in [-0.2, -0.15) is 0 Å². The second-order valence-electron chi connectivity index (χ2n) is 6.34. The molecule has 0 unspecified atom stereocenters. The molecule has 0 aromatic heterocycles. The first-order chi connectivity index (χ1) is 11.2. The minimum absolute atomic E-state index is 0.00737. The van der Waals surface area contributed by atoms with Crippen molar-refractivity contribution in [3.05, 3.63) is 35.6 Å². The van der Waals surface area contributed by atoms with Gasteiger partial charge >= 0.3 is 0 Å². The van der Waals surface area contributed by atoms with Gasteiger partial charge < -0.3 is 15.1 Å². The first kappa shape index (κ1) is 16.7. The largest absolute Gasteiger partial charge is 0.337 e. The first-order valence-electron chi connectivity index (χ1n) is 8.55. The van der Waals surface area contributed by atoms with E-state index in [4.69, 9.17) is 0 Å². The Balaban J connectivity index is 1.71. The summed E-state index contributed by atoms with van der Waals surface area (Å²) in [4.78, 5) is 16.2. The van der Waals surface area contributed by atoms with Gasteiger partial charge in [0.25, 0.3) is 0 Å². The highest BCUT2D eigenvalue weighted by Crippen LogP contribution is 2.43. The summed E-state index contributed by atoms with van der Waals surface area (Å²) in [6.07, 6.45) is 0.831. The van der Waals surface area contributed by atoms with E-state index in [0.29, 0.717) is 0 Å². The molecular formula is C17H26FN3OS+2. The lowest BCUT2D eigenvalue weighted by atomic mass is 10.2. The Kier molecular flexibility index (Phi) is 5.56. The van der Waals surface area contributed by atoms with Crippen LogP contribution in [0.1, 0.15) is 24.3 Å². The Morgan fingerprint density at radius 1 is 1.39 bits per heavy atom. The SMILES string of the molecule is CC[C@H]1S[C@H](c2cccc(F)c2)N(CC[NH+]2CC[NH2+]CC2)C1=O. The van der Waals surface area contributed by atoms with Gasteiger partial charge in [-0.15, -0.1) is 11.8 Å². The molecule has 126 valence electrons. The van der Waals surface area contributed by atoms with E-state index in [2.05, 4.69) is 5.32 Å². The van der Waals surface area contributed by atoms with Crippen LogP contribution in [0.4, 0.5) is 4.39 Å². The molecule has 2 aliphatic rings. The zero-order valence-corrected chi connectivity index (χ0v) is 14.4. The molecule has 6 heteroatoms. The Morgan fingerprint density at radius 3 is 2.87 bits per heavy atom. The standard InChI is InChI=1S/C17H24FN3OS/c1-2-15-16(22)21(11-10-20-8-6-19-7-9-20)17(23-15)13-4-3-5-14(18)12-13/h3-5,12,15,17,19H,2,6-11H2,1H3/p+2/t15-,17-/m1/s1. The summed E-state index contributed by atoms with van der Waals surface area (Å²) in [5.74, 6) is -0.0117. The summed E-state index contributed by atoms with van der Waals surface area (Å²) in [5.41, 5.74) is 0.904. The quantitative estimate of drug-likeness (QED) is 0.769. The molecule has 0 aliphatic carbocycles. The summed E-state index contributed by atoms with van der Waals surface area (Å²) >= 11 is 1.67. The van der Waals surface area contributed by atoms with Crippen LogP contribution in [0.15, 0.2) is 24.3 Å². The fraction of sp³-hybridized carbons (Fsp3) is 0.588. The molecule has 0 saturated carbocycles. The van der Waals surface area contributed by atoms with Crippen molar-refractivity contribution in [1.82, 2.24) is 4.90 Å². The maximum absolute atomic E-state index is 13.6. The minimum atomic E-state index is -0.229. The molecular weight excluding hydrogens is 313 g/mol. The lowest BCUT2D eigenvalue weighted by Gasteiger charge is -2.28. The zero-order chi connectivity index (χ0) is 16.2. The molecule has 0 bridgehead atoms. The molecule has 1 amide bonds. The summed E-state index contributed by atoms with van der Waals surface area (Å²) in [6.45, 7) is 8.47. The number of carbonyl (C=O) groups is 1. The number of hydrogen-bond donors (Lipinski definition) is 2. The topological polar surface area (TPSA) is 41.4 Å². The van der Waals surface area contributed by atoms with Crippen molar-refractivity contribution < 1.29 is 19.4 Å². The number of nitrogens with zero attached hydrogens (tertiary/aromatic N) is 1. The highest BCUT2D eigenvalue weighted by Gasteiger charge is 2.40. The van der Waals surface area contributed by atoms with Crippen molar-refractivity contribution >= 4 is 17.7 Å². The molecule has 23 heavy (non-hydrogen) atoms. The molecule has 2 heterocycles. The molecule has 1 aromatic carbocycles. The van der Waals surface area contributed by atoms with E-state index in [1.165, 1.54) is 19.2 Å². The molecule has 0 radical (unpaired) electrons. The van der Waals surface area contributed by atoms with Crippen LogP contribution in [0.3, 0.4) is 0 Å². The molecule has 2 saturated heterocycles. The fourth-order valence-electron chi connectivity index (χ4n) is 3.42. The third-order valence-electron chi connectivity index (χ3n) is 4.75. The van der Waals surface area contributed by atoms with Gasteiger partial charge in [-0.3, -0.25) is 4.79 Å². The zero-order valence-electron chi connectivity index (χ0n) is 13.6. The van der Waals surface area contributed by atoms with Crippen LogP contribution in [0.25, 0.3) is 0 Å². The average Bonchev–Trinajstić information content (AvgIpc) is 2.90.